The van der Waals surface area contributed by atoms with Gasteiger partial charge in [-0.05, 0) is 49.4 Å². The predicted octanol–water partition coefficient (Wildman–Crippen LogP) is 2.58. The number of nitrogens with zero attached hydrogens (tertiary/aromatic N) is 4. The molecular weight excluding hydrogens is 316 g/mol. The minimum Gasteiger partial charge on any atom is -0.349 e. The molecule has 1 amide bonds. The summed E-state index contributed by atoms with van der Waals surface area (Å²) in [5, 5.41) is 14.2. The summed E-state index contributed by atoms with van der Waals surface area (Å²) in [6.45, 7) is 0. The van der Waals surface area contributed by atoms with Crippen LogP contribution in [0.3, 0.4) is 0 Å². The number of aromatic amines is 1. The molecule has 0 saturated heterocycles. The van der Waals surface area contributed by atoms with Crippen molar-refractivity contribution in [1.82, 2.24) is 30.3 Å². The molecule has 2 N–H and O–H groups in total. The topological polar surface area (TPSA) is 88.5 Å². The highest BCUT2D eigenvalue weighted by Crippen LogP contribution is 2.27. The van der Waals surface area contributed by atoms with E-state index < -0.39 is 0 Å². The summed E-state index contributed by atoms with van der Waals surface area (Å²) in [4.78, 5) is 16.5. The van der Waals surface area contributed by atoms with Gasteiger partial charge in [0.25, 0.3) is 5.91 Å². The number of carbonyl (C=O) groups is 1. The molecule has 0 aliphatic heterocycles. The van der Waals surface area contributed by atoms with Crippen molar-refractivity contribution in [1.29, 1.82) is 0 Å². The van der Waals surface area contributed by atoms with Gasteiger partial charge in [0.1, 0.15) is 12.7 Å². The van der Waals surface area contributed by atoms with Crippen molar-refractivity contribution in [2.24, 2.45) is 0 Å². The van der Waals surface area contributed by atoms with Crippen molar-refractivity contribution < 1.29 is 4.79 Å². The fraction of sp³-hybridized carbons (Fsp3) is 0.333. The van der Waals surface area contributed by atoms with Crippen LogP contribution < -0.4 is 5.32 Å². The van der Waals surface area contributed by atoms with Crippen LogP contribution in [0.25, 0.3) is 11.3 Å². The van der Waals surface area contributed by atoms with Crippen LogP contribution >= 0.6 is 0 Å². The molecular formula is C18H20N6O. The summed E-state index contributed by atoms with van der Waals surface area (Å²) >= 11 is 0. The monoisotopic (exact) mass is 336 g/mol. The molecule has 2 aromatic heterocycles. The van der Waals surface area contributed by atoms with Crippen molar-refractivity contribution in [3.63, 3.8) is 0 Å². The van der Waals surface area contributed by atoms with Crippen LogP contribution in [-0.2, 0) is 0 Å². The SMILES string of the molecule is O=C(NC1CCC(n2cncn2)CC1)c1ccc(-c2ccn[nH]2)cc1. The first kappa shape index (κ1) is 15.6. The van der Waals surface area contributed by atoms with Gasteiger partial charge < -0.3 is 5.32 Å². The van der Waals surface area contributed by atoms with Gasteiger partial charge in [-0.3, -0.25) is 9.89 Å². The van der Waals surface area contributed by atoms with E-state index in [2.05, 4.69) is 25.6 Å². The molecule has 1 aromatic carbocycles. The van der Waals surface area contributed by atoms with Gasteiger partial charge in [-0.2, -0.15) is 10.2 Å². The minimum atomic E-state index is -0.0135. The standard InChI is InChI=1S/C18H20N6O/c25-18(14-3-1-13(2-4-14)17-9-10-20-23-17)22-15-5-7-16(8-6-15)24-12-19-11-21-24/h1-4,9-12,15-16H,5-8H2,(H,20,23)(H,22,25). The van der Waals surface area contributed by atoms with E-state index in [4.69, 9.17) is 0 Å². The fourth-order valence-corrected chi connectivity index (χ4v) is 3.38. The lowest BCUT2D eigenvalue weighted by Crippen LogP contribution is -2.38. The fourth-order valence-electron chi connectivity index (χ4n) is 3.38. The lowest BCUT2D eigenvalue weighted by Gasteiger charge is -2.29. The smallest absolute Gasteiger partial charge is 0.251 e. The largest absolute Gasteiger partial charge is 0.349 e. The summed E-state index contributed by atoms with van der Waals surface area (Å²) in [5.74, 6) is -0.0135. The number of nitrogens with one attached hydrogen (secondary N) is 2. The maximum Gasteiger partial charge on any atom is 0.251 e. The van der Waals surface area contributed by atoms with Gasteiger partial charge in [0, 0.05) is 17.8 Å². The second-order valence-electron chi connectivity index (χ2n) is 6.40. The van der Waals surface area contributed by atoms with Crippen molar-refractivity contribution in [3.05, 3.63) is 54.7 Å². The van der Waals surface area contributed by atoms with Crippen molar-refractivity contribution in [3.8, 4) is 11.3 Å². The molecule has 0 unspecified atom stereocenters. The van der Waals surface area contributed by atoms with Gasteiger partial charge in [-0.1, -0.05) is 12.1 Å². The zero-order valence-corrected chi connectivity index (χ0v) is 13.8. The minimum absolute atomic E-state index is 0.0135. The van der Waals surface area contributed by atoms with Crippen LogP contribution in [0.4, 0.5) is 0 Å². The van der Waals surface area contributed by atoms with E-state index in [9.17, 15) is 4.79 Å². The van der Waals surface area contributed by atoms with Gasteiger partial charge in [0.15, 0.2) is 0 Å². The van der Waals surface area contributed by atoms with E-state index in [1.54, 1.807) is 18.9 Å². The van der Waals surface area contributed by atoms with Crippen LogP contribution in [0.15, 0.2) is 49.2 Å². The van der Waals surface area contributed by atoms with Gasteiger partial charge >= 0.3 is 0 Å². The number of rotatable bonds is 4. The molecule has 0 radical (unpaired) electrons. The molecule has 7 heteroatoms. The molecule has 7 nitrogen and oxygen atoms in total. The van der Waals surface area contributed by atoms with Crippen molar-refractivity contribution >= 4 is 5.91 Å². The number of aromatic nitrogens is 5. The average molecular weight is 336 g/mol. The first-order valence-electron chi connectivity index (χ1n) is 8.54. The number of amides is 1. The summed E-state index contributed by atoms with van der Waals surface area (Å²) in [7, 11) is 0. The Bertz CT molecular complexity index is 802. The molecule has 128 valence electrons. The highest BCUT2D eigenvalue weighted by Gasteiger charge is 2.24. The quantitative estimate of drug-likeness (QED) is 0.766. The molecule has 1 aliphatic rings. The third-order valence-corrected chi connectivity index (χ3v) is 4.80. The van der Waals surface area contributed by atoms with E-state index in [1.807, 2.05) is 35.0 Å². The van der Waals surface area contributed by atoms with E-state index >= 15 is 0 Å². The van der Waals surface area contributed by atoms with E-state index in [-0.39, 0.29) is 11.9 Å². The number of H-pyrrole nitrogens is 1. The van der Waals surface area contributed by atoms with Crippen molar-refractivity contribution in [2.75, 3.05) is 0 Å². The molecule has 25 heavy (non-hydrogen) atoms. The predicted molar refractivity (Wildman–Crippen MR) is 92.8 cm³/mol. The Hall–Kier alpha value is -2.96. The molecule has 0 bridgehead atoms. The summed E-state index contributed by atoms with van der Waals surface area (Å²) in [5.41, 5.74) is 2.64. The van der Waals surface area contributed by atoms with Gasteiger partial charge in [0.05, 0.1) is 11.7 Å². The number of hydrogen-bond acceptors (Lipinski definition) is 4. The first-order valence-corrected chi connectivity index (χ1v) is 8.54. The third kappa shape index (κ3) is 3.45. The lowest BCUT2D eigenvalue weighted by atomic mass is 9.91. The van der Waals surface area contributed by atoms with Crippen LogP contribution in [0.5, 0.6) is 0 Å². The van der Waals surface area contributed by atoms with Crippen molar-refractivity contribution in [2.45, 2.75) is 37.8 Å². The first-order chi connectivity index (χ1) is 12.3. The number of benzene rings is 1. The Balaban J connectivity index is 1.33. The highest BCUT2D eigenvalue weighted by atomic mass is 16.1. The van der Waals surface area contributed by atoms with Gasteiger partial charge in [0.2, 0.25) is 0 Å². The summed E-state index contributed by atoms with van der Waals surface area (Å²) < 4.78 is 1.92. The molecule has 2 heterocycles. The molecule has 1 aliphatic carbocycles. The van der Waals surface area contributed by atoms with E-state index in [1.165, 1.54) is 0 Å². The molecule has 4 rings (SSSR count). The second-order valence-corrected chi connectivity index (χ2v) is 6.40. The molecule has 1 saturated carbocycles. The van der Waals surface area contributed by atoms with Gasteiger partial charge in [-0.15, -0.1) is 0 Å². The Kier molecular flexibility index (Phi) is 4.28. The lowest BCUT2D eigenvalue weighted by molar-refractivity contribution is 0.0921. The summed E-state index contributed by atoms with van der Waals surface area (Å²) in [6, 6.07) is 10.1. The second kappa shape index (κ2) is 6.88. The van der Waals surface area contributed by atoms with E-state index in [0.717, 1.165) is 36.9 Å². The van der Waals surface area contributed by atoms with E-state index in [0.29, 0.717) is 11.6 Å². The maximum atomic E-state index is 12.5. The maximum absolute atomic E-state index is 12.5. The number of carbonyl (C=O) groups excluding carboxylic acids is 1. The third-order valence-electron chi connectivity index (χ3n) is 4.80. The zero-order chi connectivity index (χ0) is 17.1. The number of hydrogen-bond donors (Lipinski definition) is 2. The Morgan fingerprint density at radius 1 is 1.12 bits per heavy atom. The zero-order valence-electron chi connectivity index (χ0n) is 13.8. The van der Waals surface area contributed by atoms with Crippen LogP contribution in [0.1, 0.15) is 42.1 Å². The van der Waals surface area contributed by atoms with Crippen LogP contribution in [0, 0.1) is 0 Å². The molecule has 3 aromatic rings. The Morgan fingerprint density at radius 3 is 2.56 bits per heavy atom. The Labute approximate surface area is 145 Å². The Morgan fingerprint density at radius 2 is 1.92 bits per heavy atom. The summed E-state index contributed by atoms with van der Waals surface area (Å²) in [6.07, 6.45) is 8.99. The molecule has 1 fully saturated rings. The van der Waals surface area contributed by atoms with Crippen LogP contribution in [0.2, 0.25) is 0 Å². The highest BCUT2D eigenvalue weighted by molar-refractivity contribution is 5.94. The molecule has 0 atom stereocenters. The average Bonchev–Trinajstić information content (AvgIpc) is 3.36. The van der Waals surface area contributed by atoms with Crippen LogP contribution in [-0.4, -0.2) is 36.9 Å². The normalized spacial score (nSPS) is 20.3. The van der Waals surface area contributed by atoms with Gasteiger partial charge in [-0.25, -0.2) is 9.67 Å². The molecule has 0 spiro atoms.